The summed E-state index contributed by atoms with van der Waals surface area (Å²) in [5.41, 5.74) is -2.74. The topological polar surface area (TPSA) is 137 Å². The van der Waals surface area contributed by atoms with Crippen molar-refractivity contribution < 1.29 is 43.2 Å². The number of ether oxygens (including phenoxy) is 4. The highest BCUT2D eigenvalue weighted by Gasteiger charge is 2.45. The Labute approximate surface area is 187 Å². The maximum Gasteiger partial charge on any atom is 0.511 e. The van der Waals surface area contributed by atoms with Crippen molar-refractivity contribution in [3.63, 3.8) is 0 Å². The zero-order chi connectivity index (χ0) is 24.7. The lowest BCUT2D eigenvalue weighted by atomic mass is 10.00. The summed E-state index contributed by atoms with van der Waals surface area (Å²) >= 11 is 0. The number of esters is 2. The maximum absolute atomic E-state index is 12.4. The fourth-order valence-corrected chi connectivity index (χ4v) is 2.63. The summed E-state index contributed by atoms with van der Waals surface area (Å²) in [6.07, 6.45) is -0.940. The first kappa shape index (κ1) is 26.9. The molecule has 0 heterocycles. The van der Waals surface area contributed by atoms with Crippen molar-refractivity contribution >= 4 is 24.1 Å². The molecule has 0 bridgehead atoms. The van der Waals surface area contributed by atoms with E-state index in [1.165, 1.54) is 32.0 Å². The zero-order valence-electron chi connectivity index (χ0n) is 19.4. The third kappa shape index (κ3) is 8.54. The van der Waals surface area contributed by atoms with E-state index in [2.05, 4.69) is 5.32 Å². The lowest BCUT2D eigenvalue weighted by molar-refractivity contribution is -0.169. The standard InChI is InChI=1S/C22H31NO9/c1-8-13(2)23-22(19(26)27,32-20(28)31-21(5,6)7)12-16-9-10-17(29-14(3)24)18(11-16)30-15(4)25/h9-11,13,23H,8,12H2,1-7H3,(H,26,27)/t13?,22-/m0/s1. The predicted molar refractivity (Wildman–Crippen MR) is 113 cm³/mol. The normalized spacial score (nSPS) is 14.0. The maximum atomic E-state index is 12.4. The van der Waals surface area contributed by atoms with Crippen LogP contribution >= 0.6 is 0 Å². The van der Waals surface area contributed by atoms with Gasteiger partial charge in [0.25, 0.3) is 5.72 Å². The summed E-state index contributed by atoms with van der Waals surface area (Å²) in [6, 6.07) is 3.84. The highest BCUT2D eigenvalue weighted by Crippen LogP contribution is 2.31. The van der Waals surface area contributed by atoms with E-state index < -0.39 is 35.4 Å². The number of carboxylic acid groups (broad SMARTS) is 1. The number of hydrogen-bond acceptors (Lipinski definition) is 9. The van der Waals surface area contributed by atoms with Crippen molar-refractivity contribution in [1.82, 2.24) is 5.32 Å². The Morgan fingerprint density at radius 3 is 2.03 bits per heavy atom. The van der Waals surface area contributed by atoms with Crippen LogP contribution in [0.3, 0.4) is 0 Å². The van der Waals surface area contributed by atoms with Crippen LogP contribution < -0.4 is 14.8 Å². The summed E-state index contributed by atoms with van der Waals surface area (Å²) in [5.74, 6) is -2.83. The molecule has 1 unspecified atom stereocenters. The molecule has 1 aromatic rings. The second-order valence-electron chi connectivity index (χ2n) is 8.30. The highest BCUT2D eigenvalue weighted by atomic mass is 16.8. The summed E-state index contributed by atoms with van der Waals surface area (Å²) in [6.45, 7) is 10.8. The van der Waals surface area contributed by atoms with Crippen molar-refractivity contribution in [1.29, 1.82) is 0 Å². The van der Waals surface area contributed by atoms with E-state index >= 15 is 0 Å². The van der Waals surface area contributed by atoms with Crippen LogP contribution in [0.25, 0.3) is 0 Å². The van der Waals surface area contributed by atoms with Gasteiger partial charge in [-0.05, 0) is 51.8 Å². The van der Waals surface area contributed by atoms with E-state index in [9.17, 15) is 24.3 Å². The smallest absolute Gasteiger partial charge is 0.477 e. The molecule has 0 radical (unpaired) electrons. The Hall–Kier alpha value is -3.14. The van der Waals surface area contributed by atoms with E-state index in [0.717, 1.165) is 0 Å². The van der Waals surface area contributed by atoms with E-state index in [1.54, 1.807) is 27.7 Å². The van der Waals surface area contributed by atoms with E-state index in [0.29, 0.717) is 12.0 Å². The van der Waals surface area contributed by atoms with Crippen molar-refractivity contribution in [2.24, 2.45) is 0 Å². The summed E-state index contributed by atoms with van der Waals surface area (Å²) < 4.78 is 20.6. The molecule has 10 nitrogen and oxygen atoms in total. The van der Waals surface area contributed by atoms with E-state index in [-0.39, 0.29) is 24.0 Å². The number of aliphatic carboxylic acids is 1. The lowest BCUT2D eigenvalue weighted by Crippen LogP contribution is -2.60. The molecule has 0 amide bonds. The van der Waals surface area contributed by atoms with Gasteiger partial charge in [-0.3, -0.25) is 14.9 Å². The quantitative estimate of drug-likeness (QED) is 0.326. The molecule has 2 atom stereocenters. The lowest BCUT2D eigenvalue weighted by Gasteiger charge is -2.33. The van der Waals surface area contributed by atoms with Crippen LogP contribution in [0, 0.1) is 0 Å². The Morgan fingerprint density at radius 2 is 1.56 bits per heavy atom. The first-order valence-corrected chi connectivity index (χ1v) is 10.1. The number of hydrogen-bond donors (Lipinski definition) is 2. The molecule has 178 valence electrons. The summed E-state index contributed by atoms with van der Waals surface area (Å²) in [7, 11) is 0. The predicted octanol–water partition coefficient (Wildman–Crippen LogP) is 3.20. The van der Waals surface area contributed by atoms with Gasteiger partial charge in [0.1, 0.15) is 5.60 Å². The van der Waals surface area contributed by atoms with Crippen molar-refractivity contribution in [2.75, 3.05) is 0 Å². The number of rotatable bonds is 9. The van der Waals surface area contributed by atoms with Gasteiger partial charge >= 0.3 is 24.1 Å². The molecular formula is C22H31NO9. The minimum atomic E-state index is -2.17. The van der Waals surface area contributed by atoms with Gasteiger partial charge in [0, 0.05) is 26.3 Å². The Bertz CT molecular complexity index is 859. The third-order valence-electron chi connectivity index (χ3n) is 4.05. The molecule has 0 fully saturated rings. The Kier molecular flexibility index (Phi) is 9.20. The second kappa shape index (κ2) is 10.9. The number of carbonyl (C=O) groups is 4. The molecule has 0 aliphatic carbocycles. The molecule has 0 aromatic heterocycles. The molecule has 0 spiro atoms. The average Bonchev–Trinajstić information content (AvgIpc) is 2.61. The van der Waals surface area contributed by atoms with Gasteiger partial charge < -0.3 is 24.1 Å². The molecule has 1 rings (SSSR count). The van der Waals surface area contributed by atoms with Crippen molar-refractivity contribution in [2.45, 2.75) is 78.7 Å². The zero-order valence-corrected chi connectivity index (χ0v) is 19.4. The second-order valence-corrected chi connectivity index (χ2v) is 8.30. The number of nitrogens with one attached hydrogen (secondary N) is 1. The van der Waals surface area contributed by atoms with Gasteiger partial charge in [-0.25, -0.2) is 9.59 Å². The SMILES string of the molecule is CCC(C)N[C@@](Cc1ccc(OC(C)=O)c(OC(C)=O)c1)(OC(=O)OC(C)(C)C)C(=O)O. The van der Waals surface area contributed by atoms with Crippen LogP contribution in [-0.2, 0) is 30.3 Å². The highest BCUT2D eigenvalue weighted by molar-refractivity contribution is 5.80. The van der Waals surface area contributed by atoms with Gasteiger partial charge in [-0.2, -0.15) is 0 Å². The first-order valence-electron chi connectivity index (χ1n) is 10.1. The number of benzene rings is 1. The van der Waals surface area contributed by atoms with Crippen molar-refractivity contribution in [3.8, 4) is 11.5 Å². The molecule has 10 heteroatoms. The molecule has 1 aromatic carbocycles. The Balaban J connectivity index is 3.41. The molecule has 0 saturated heterocycles. The van der Waals surface area contributed by atoms with Gasteiger partial charge in [-0.15, -0.1) is 0 Å². The summed E-state index contributed by atoms with van der Waals surface area (Å²) in [4.78, 5) is 47.4. The molecule has 0 aliphatic heterocycles. The Morgan fingerprint density at radius 1 is 1.00 bits per heavy atom. The van der Waals surface area contributed by atoms with Crippen LogP contribution in [0.4, 0.5) is 4.79 Å². The van der Waals surface area contributed by atoms with Gasteiger partial charge in [0.05, 0.1) is 0 Å². The number of carbonyl (C=O) groups excluding carboxylic acids is 3. The summed E-state index contributed by atoms with van der Waals surface area (Å²) in [5, 5.41) is 12.9. The van der Waals surface area contributed by atoms with Crippen LogP contribution in [0.15, 0.2) is 18.2 Å². The fourth-order valence-electron chi connectivity index (χ4n) is 2.63. The first-order chi connectivity index (χ1) is 14.7. The van der Waals surface area contributed by atoms with Crippen LogP contribution in [-0.4, -0.2) is 46.5 Å². The third-order valence-corrected chi connectivity index (χ3v) is 4.05. The van der Waals surface area contributed by atoms with Crippen molar-refractivity contribution in [3.05, 3.63) is 23.8 Å². The molecular weight excluding hydrogens is 422 g/mol. The minimum Gasteiger partial charge on any atom is -0.477 e. The molecule has 0 aliphatic rings. The van der Waals surface area contributed by atoms with E-state index in [1.807, 2.05) is 6.92 Å². The number of carboxylic acids is 1. The minimum absolute atomic E-state index is 0.0136. The fraction of sp³-hybridized carbons (Fsp3) is 0.545. The molecule has 0 saturated carbocycles. The van der Waals surface area contributed by atoms with Crippen LogP contribution in [0.2, 0.25) is 0 Å². The monoisotopic (exact) mass is 453 g/mol. The van der Waals surface area contributed by atoms with E-state index in [4.69, 9.17) is 18.9 Å². The van der Waals surface area contributed by atoms with Gasteiger partial charge in [-0.1, -0.05) is 13.0 Å². The largest absolute Gasteiger partial charge is 0.511 e. The van der Waals surface area contributed by atoms with Crippen LogP contribution in [0.5, 0.6) is 11.5 Å². The van der Waals surface area contributed by atoms with Gasteiger partial charge in [0.15, 0.2) is 11.5 Å². The molecule has 32 heavy (non-hydrogen) atoms. The average molecular weight is 453 g/mol. The van der Waals surface area contributed by atoms with Crippen LogP contribution in [0.1, 0.15) is 60.5 Å². The van der Waals surface area contributed by atoms with Gasteiger partial charge in [0.2, 0.25) is 0 Å². The molecule has 2 N–H and O–H groups in total.